The molecule has 1 atom stereocenters. The Morgan fingerprint density at radius 3 is 2.77 bits per heavy atom. The van der Waals surface area contributed by atoms with Crippen molar-refractivity contribution in [2.24, 2.45) is 0 Å². The van der Waals surface area contributed by atoms with Crippen molar-refractivity contribution in [1.82, 2.24) is 9.55 Å². The molecule has 0 bridgehead atoms. The summed E-state index contributed by atoms with van der Waals surface area (Å²) >= 11 is 2.96. The molecule has 2 heterocycles. The minimum atomic E-state index is -0.0699. The highest BCUT2D eigenvalue weighted by Crippen LogP contribution is 2.34. The summed E-state index contributed by atoms with van der Waals surface area (Å²) in [6, 6.07) is 9.95. The second-order valence-corrected chi connectivity index (χ2v) is 8.49. The standard InChI is InChI=1S/C20H20N2O2S2/c1-2-22-19(24)17-14(13-8-4-3-5-9-13)12-25-18(17)21-20(22)26-16-11-7-6-10-15(16)23/h3-5,8-9,12,16H,2,6-7,10-11H2,1H3/t16-/m1/s1. The lowest BCUT2D eigenvalue weighted by Crippen LogP contribution is -2.26. The van der Waals surface area contributed by atoms with Crippen LogP contribution in [0.3, 0.4) is 0 Å². The van der Waals surface area contributed by atoms with Crippen LogP contribution in [-0.4, -0.2) is 20.6 Å². The number of thiophene rings is 1. The number of carbonyl (C=O) groups is 1. The third kappa shape index (κ3) is 3.12. The number of nitrogens with zero attached hydrogens (tertiary/aromatic N) is 2. The highest BCUT2D eigenvalue weighted by molar-refractivity contribution is 8.00. The number of aromatic nitrogens is 2. The van der Waals surface area contributed by atoms with E-state index in [9.17, 15) is 9.59 Å². The summed E-state index contributed by atoms with van der Waals surface area (Å²) in [4.78, 5) is 30.9. The maximum absolute atomic E-state index is 13.2. The highest BCUT2D eigenvalue weighted by atomic mass is 32.2. The first kappa shape index (κ1) is 17.5. The first-order valence-corrected chi connectivity index (χ1v) is 10.7. The van der Waals surface area contributed by atoms with Crippen molar-refractivity contribution in [2.75, 3.05) is 0 Å². The molecule has 1 aliphatic rings. The molecular formula is C20H20N2O2S2. The summed E-state index contributed by atoms with van der Waals surface area (Å²) in [6.07, 6.45) is 3.57. The van der Waals surface area contributed by atoms with E-state index in [2.05, 4.69) is 0 Å². The van der Waals surface area contributed by atoms with Crippen LogP contribution in [0.15, 0.2) is 45.7 Å². The monoisotopic (exact) mass is 384 g/mol. The lowest BCUT2D eigenvalue weighted by molar-refractivity contribution is -0.119. The van der Waals surface area contributed by atoms with Crippen molar-refractivity contribution in [3.8, 4) is 11.1 Å². The van der Waals surface area contributed by atoms with Gasteiger partial charge in [0.15, 0.2) is 5.16 Å². The Kier molecular flexibility index (Phi) is 4.96. The van der Waals surface area contributed by atoms with Gasteiger partial charge >= 0.3 is 0 Å². The highest BCUT2D eigenvalue weighted by Gasteiger charge is 2.26. The molecule has 1 aliphatic carbocycles. The second-order valence-electron chi connectivity index (χ2n) is 6.46. The maximum Gasteiger partial charge on any atom is 0.263 e. The van der Waals surface area contributed by atoms with Crippen molar-refractivity contribution in [3.63, 3.8) is 0 Å². The van der Waals surface area contributed by atoms with Gasteiger partial charge < -0.3 is 0 Å². The van der Waals surface area contributed by atoms with Crippen molar-refractivity contribution < 1.29 is 4.79 Å². The number of hydrogen-bond donors (Lipinski definition) is 0. The molecule has 6 heteroatoms. The number of fused-ring (bicyclic) bond motifs is 1. The molecule has 0 radical (unpaired) electrons. The number of benzene rings is 1. The molecule has 0 saturated heterocycles. The molecule has 0 N–H and O–H groups in total. The molecular weight excluding hydrogens is 364 g/mol. The summed E-state index contributed by atoms with van der Waals surface area (Å²) in [5.74, 6) is 0.286. The normalized spacial score (nSPS) is 17.7. The predicted molar refractivity (Wildman–Crippen MR) is 108 cm³/mol. The Hall–Kier alpha value is -1.92. The zero-order chi connectivity index (χ0) is 18.1. The second kappa shape index (κ2) is 7.37. The topological polar surface area (TPSA) is 52.0 Å². The number of Topliss-reactive ketones (excluding diaryl/α,β-unsaturated/α-hetero) is 1. The molecule has 134 valence electrons. The van der Waals surface area contributed by atoms with Gasteiger partial charge in [-0.15, -0.1) is 11.3 Å². The fourth-order valence-electron chi connectivity index (χ4n) is 3.41. The molecule has 1 aromatic carbocycles. The minimum Gasteiger partial charge on any atom is -0.298 e. The third-order valence-electron chi connectivity index (χ3n) is 4.81. The van der Waals surface area contributed by atoms with E-state index < -0.39 is 0 Å². The molecule has 0 amide bonds. The fourth-order valence-corrected chi connectivity index (χ4v) is 5.67. The molecule has 26 heavy (non-hydrogen) atoms. The minimum absolute atomic E-state index is 0.0108. The lowest BCUT2D eigenvalue weighted by atomic mass is 9.99. The van der Waals surface area contributed by atoms with E-state index in [1.165, 1.54) is 23.1 Å². The van der Waals surface area contributed by atoms with Gasteiger partial charge in [0, 0.05) is 23.9 Å². The zero-order valence-electron chi connectivity index (χ0n) is 14.6. The average molecular weight is 385 g/mol. The summed E-state index contributed by atoms with van der Waals surface area (Å²) in [5.41, 5.74) is 1.96. The van der Waals surface area contributed by atoms with E-state index in [1.807, 2.05) is 42.6 Å². The van der Waals surface area contributed by atoms with Crippen LogP contribution in [0.25, 0.3) is 21.3 Å². The summed E-state index contributed by atoms with van der Waals surface area (Å²) in [5, 5.41) is 3.29. The summed E-state index contributed by atoms with van der Waals surface area (Å²) in [7, 11) is 0. The molecule has 0 spiro atoms. The molecule has 1 fully saturated rings. The molecule has 0 aliphatic heterocycles. The van der Waals surface area contributed by atoms with E-state index in [1.54, 1.807) is 4.57 Å². The van der Waals surface area contributed by atoms with Crippen LogP contribution in [0, 0.1) is 0 Å². The van der Waals surface area contributed by atoms with Crippen LogP contribution in [-0.2, 0) is 11.3 Å². The summed E-state index contributed by atoms with van der Waals surface area (Å²) < 4.78 is 1.72. The fraction of sp³-hybridized carbons (Fsp3) is 0.350. The first-order valence-electron chi connectivity index (χ1n) is 8.96. The van der Waals surface area contributed by atoms with Crippen LogP contribution in [0.2, 0.25) is 0 Å². The largest absolute Gasteiger partial charge is 0.298 e. The Labute approximate surface area is 160 Å². The number of rotatable bonds is 4. The van der Waals surface area contributed by atoms with E-state index in [-0.39, 0.29) is 16.6 Å². The van der Waals surface area contributed by atoms with Gasteiger partial charge in [-0.05, 0) is 25.3 Å². The number of hydrogen-bond acceptors (Lipinski definition) is 5. The quantitative estimate of drug-likeness (QED) is 0.609. The van der Waals surface area contributed by atoms with Gasteiger partial charge in [-0.3, -0.25) is 14.2 Å². The number of ketones is 1. The first-order chi connectivity index (χ1) is 12.7. The van der Waals surface area contributed by atoms with Crippen molar-refractivity contribution in [1.29, 1.82) is 0 Å². The number of carbonyl (C=O) groups excluding carboxylic acids is 1. The molecule has 2 aromatic heterocycles. The molecule has 0 unspecified atom stereocenters. The van der Waals surface area contributed by atoms with Crippen LogP contribution < -0.4 is 5.56 Å². The molecule has 1 saturated carbocycles. The van der Waals surface area contributed by atoms with Gasteiger partial charge in [-0.25, -0.2) is 4.98 Å². The number of thioether (sulfide) groups is 1. The van der Waals surface area contributed by atoms with Gasteiger partial charge in [0.2, 0.25) is 0 Å². The maximum atomic E-state index is 13.2. The zero-order valence-corrected chi connectivity index (χ0v) is 16.2. The van der Waals surface area contributed by atoms with E-state index in [4.69, 9.17) is 4.98 Å². The van der Waals surface area contributed by atoms with Gasteiger partial charge in [-0.2, -0.15) is 0 Å². The summed E-state index contributed by atoms with van der Waals surface area (Å²) in [6.45, 7) is 2.51. The van der Waals surface area contributed by atoms with E-state index >= 15 is 0 Å². The Bertz CT molecular complexity index is 1010. The van der Waals surface area contributed by atoms with Crippen LogP contribution in [0.5, 0.6) is 0 Å². The average Bonchev–Trinajstić information content (AvgIpc) is 3.09. The Balaban J connectivity index is 1.81. The van der Waals surface area contributed by atoms with Crippen molar-refractivity contribution in [3.05, 3.63) is 46.1 Å². The van der Waals surface area contributed by atoms with Crippen molar-refractivity contribution >= 4 is 39.1 Å². The van der Waals surface area contributed by atoms with E-state index in [0.717, 1.165) is 35.2 Å². The van der Waals surface area contributed by atoms with Gasteiger partial charge in [0.05, 0.1) is 10.6 Å². The molecule has 3 aromatic rings. The Morgan fingerprint density at radius 1 is 1.23 bits per heavy atom. The van der Waals surface area contributed by atoms with Crippen LogP contribution in [0.4, 0.5) is 0 Å². The van der Waals surface area contributed by atoms with Gasteiger partial charge in [-0.1, -0.05) is 48.5 Å². The molecule has 4 rings (SSSR count). The Morgan fingerprint density at radius 2 is 2.04 bits per heavy atom. The van der Waals surface area contributed by atoms with Gasteiger partial charge in [0.25, 0.3) is 5.56 Å². The molecule has 4 nitrogen and oxygen atoms in total. The lowest BCUT2D eigenvalue weighted by Gasteiger charge is -2.20. The predicted octanol–water partition coefficient (Wildman–Crippen LogP) is 4.75. The van der Waals surface area contributed by atoms with Crippen LogP contribution in [0.1, 0.15) is 32.6 Å². The smallest absolute Gasteiger partial charge is 0.263 e. The third-order valence-corrected chi connectivity index (χ3v) is 6.98. The van der Waals surface area contributed by atoms with E-state index in [0.29, 0.717) is 23.5 Å². The van der Waals surface area contributed by atoms with Gasteiger partial charge in [0.1, 0.15) is 10.6 Å². The van der Waals surface area contributed by atoms with Crippen molar-refractivity contribution in [2.45, 2.75) is 49.6 Å². The SMILES string of the molecule is CCn1c(S[C@@H]2CCCCC2=O)nc2scc(-c3ccccc3)c2c1=O. The van der Waals surface area contributed by atoms with Crippen LogP contribution >= 0.6 is 23.1 Å².